The number of anilines is 4. The van der Waals surface area contributed by atoms with Crippen molar-refractivity contribution >= 4 is 40.0 Å². The molecule has 174 valence electrons. The Labute approximate surface area is 197 Å². The molecule has 4 heterocycles. The van der Waals surface area contributed by atoms with Crippen molar-refractivity contribution in [1.82, 2.24) is 25.1 Å². The average molecular weight is 467 g/mol. The summed E-state index contributed by atoms with van der Waals surface area (Å²) < 4.78 is 0. The molecule has 1 fully saturated rings. The predicted molar refractivity (Wildman–Crippen MR) is 130 cm³/mol. The van der Waals surface area contributed by atoms with Gasteiger partial charge in [-0.2, -0.15) is 10.1 Å². The van der Waals surface area contributed by atoms with E-state index in [-0.39, 0.29) is 17.4 Å². The van der Waals surface area contributed by atoms with Crippen LogP contribution in [0.1, 0.15) is 69.8 Å². The van der Waals surface area contributed by atoms with Crippen molar-refractivity contribution in [2.24, 2.45) is 0 Å². The lowest BCUT2D eigenvalue weighted by Crippen LogP contribution is -2.41. The zero-order valence-corrected chi connectivity index (χ0v) is 20.3. The van der Waals surface area contributed by atoms with Crippen LogP contribution in [-0.2, 0) is 16.6 Å². The van der Waals surface area contributed by atoms with Crippen LogP contribution in [0.3, 0.4) is 0 Å². The first-order valence-corrected chi connectivity index (χ1v) is 12.4. The fourth-order valence-corrected chi connectivity index (χ4v) is 5.16. The van der Waals surface area contributed by atoms with Crippen molar-refractivity contribution in [3.63, 3.8) is 0 Å². The zero-order valence-electron chi connectivity index (χ0n) is 19.5. The van der Waals surface area contributed by atoms with Gasteiger partial charge in [-0.05, 0) is 31.6 Å². The Kier molecular flexibility index (Phi) is 5.55. The van der Waals surface area contributed by atoms with E-state index in [2.05, 4.69) is 53.5 Å². The molecule has 1 amide bonds. The molecule has 33 heavy (non-hydrogen) atoms. The highest BCUT2D eigenvalue weighted by molar-refractivity contribution is 7.13. The molecule has 0 saturated carbocycles. The Bertz CT molecular complexity index is 1150. The van der Waals surface area contributed by atoms with Gasteiger partial charge in [-0.3, -0.25) is 9.89 Å². The number of amides is 1. The van der Waals surface area contributed by atoms with Gasteiger partial charge < -0.3 is 15.5 Å². The van der Waals surface area contributed by atoms with E-state index in [1.54, 1.807) is 6.20 Å². The molecule has 5 rings (SSSR count). The van der Waals surface area contributed by atoms with Crippen molar-refractivity contribution < 1.29 is 4.79 Å². The van der Waals surface area contributed by atoms with Crippen molar-refractivity contribution in [1.29, 1.82) is 0 Å². The van der Waals surface area contributed by atoms with Crippen molar-refractivity contribution in [2.45, 2.75) is 70.8 Å². The maximum absolute atomic E-state index is 13.0. The second kappa shape index (κ2) is 8.40. The van der Waals surface area contributed by atoms with Gasteiger partial charge in [-0.1, -0.05) is 27.7 Å². The fraction of sp³-hybridized carbons (Fsp3) is 0.522. The quantitative estimate of drug-likeness (QED) is 0.495. The summed E-state index contributed by atoms with van der Waals surface area (Å²) in [5.74, 6) is 2.43. The molecule has 0 bridgehead atoms. The smallest absolute Gasteiger partial charge is 0.248 e. The van der Waals surface area contributed by atoms with Gasteiger partial charge in [0.05, 0.1) is 5.69 Å². The summed E-state index contributed by atoms with van der Waals surface area (Å²) in [7, 11) is 0. The minimum atomic E-state index is -0.317. The highest BCUT2D eigenvalue weighted by Crippen LogP contribution is 2.42. The summed E-state index contributed by atoms with van der Waals surface area (Å²) in [6, 6.07) is 1.71. The lowest BCUT2D eigenvalue weighted by molar-refractivity contribution is -0.117. The summed E-state index contributed by atoms with van der Waals surface area (Å²) in [5.41, 5.74) is 3.22. The van der Waals surface area contributed by atoms with Crippen LogP contribution in [0.5, 0.6) is 0 Å². The molecular formula is C23H30N8OS. The van der Waals surface area contributed by atoms with Gasteiger partial charge in [0.25, 0.3) is 0 Å². The number of nitrogens with one attached hydrogen (secondary N) is 3. The van der Waals surface area contributed by atoms with Crippen LogP contribution < -0.4 is 15.5 Å². The molecule has 1 aliphatic heterocycles. The molecule has 1 aliphatic carbocycles. The van der Waals surface area contributed by atoms with Crippen molar-refractivity contribution in [3.05, 3.63) is 34.6 Å². The number of hydrogen-bond acceptors (Lipinski definition) is 8. The van der Waals surface area contributed by atoms with E-state index in [4.69, 9.17) is 9.97 Å². The summed E-state index contributed by atoms with van der Waals surface area (Å²) in [4.78, 5) is 29.2. The first kappa shape index (κ1) is 21.8. The number of hydrogen-bond donors (Lipinski definition) is 3. The highest BCUT2D eigenvalue weighted by atomic mass is 32.1. The molecule has 10 heteroatoms. The van der Waals surface area contributed by atoms with Gasteiger partial charge in [0, 0.05) is 40.9 Å². The molecule has 0 spiro atoms. The maximum Gasteiger partial charge on any atom is 0.248 e. The lowest BCUT2D eigenvalue weighted by atomic mass is 9.91. The van der Waals surface area contributed by atoms with E-state index in [1.807, 2.05) is 16.3 Å². The van der Waals surface area contributed by atoms with Crippen LogP contribution in [0.25, 0.3) is 0 Å². The number of carbonyl (C=O) groups excluding carboxylic acids is 1. The van der Waals surface area contributed by atoms with Crippen LogP contribution in [0.4, 0.5) is 22.7 Å². The number of H-pyrrole nitrogens is 1. The molecule has 3 aromatic heterocycles. The molecule has 3 aromatic rings. The predicted octanol–water partition coefficient (Wildman–Crippen LogP) is 4.35. The summed E-state index contributed by atoms with van der Waals surface area (Å²) in [6.07, 6.45) is 5.30. The van der Waals surface area contributed by atoms with Gasteiger partial charge in [0.2, 0.25) is 11.9 Å². The lowest BCUT2D eigenvalue weighted by Gasteiger charge is -2.26. The van der Waals surface area contributed by atoms with E-state index in [9.17, 15) is 4.79 Å². The molecular weight excluding hydrogens is 436 g/mol. The normalized spacial score (nSPS) is 19.2. The number of nitrogens with zero attached hydrogens (tertiary/aromatic N) is 5. The van der Waals surface area contributed by atoms with Crippen LogP contribution in [0.2, 0.25) is 0 Å². The van der Waals surface area contributed by atoms with E-state index in [0.29, 0.717) is 17.0 Å². The third-order valence-corrected chi connectivity index (χ3v) is 7.27. The number of aromatic amines is 1. The Balaban J connectivity index is 1.48. The summed E-state index contributed by atoms with van der Waals surface area (Å²) in [6.45, 7) is 9.45. The van der Waals surface area contributed by atoms with Gasteiger partial charge >= 0.3 is 0 Å². The first-order chi connectivity index (χ1) is 15.8. The second-order valence-corrected chi connectivity index (χ2v) is 10.6. The molecule has 0 unspecified atom stereocenters. The number of aromatic nitrogens is 5. The molecule has 1 atom stereocenters. The molecule has 3 N–H and O–H groups in total. The molecule has 0 radical (unpaired) electrons. The van der Waals surface area contributed by atoms with Crippen molar-refractivity contribution in [2.75, 3.05) is 22.1 Å². The molecule has 1 saturated heterocycles. The Morgan fingerprint density at radius 2 is 2.18 bits per heavy atom. The van der Waals surface area contributed by atoms with Crippen molar-refractivity contribution in [3.8, 4) is 0 Å². The highest BCUT2D eigenvalue weighted by Gasteiger charge is 2.38. The fourth-order valence-electron chi connectivity index (χ4n) is 4.63. The number of carbonyl (C=O) groups is 1. The topological polar surface area (TPSA) is 112 Å². The Morgan fingerprint density at radius 1 is 1.33 bits per heavy atom. The van der Waals surface area contributed by atoms with Gasteiger partial charge in [-0.15, -0.1) is 11.3 Å². The van der Waals surface area contributed by atoms with Crippen LogP contribution in [0, 0.1) is 0 Å². The molecule has 2 aliphatic rings. The summed E-state index contributed by atoms with van der Waals surface area (Å²) >= 11 is 1.42. The van der Waals surface area contributed by atoms with E-state index in [0.717, 1.165) is 60.8 Å². The number of thiazole rings is 1. The summed E-state index contributed by atoms with van der Waals surface area (Å²) in [5, 5.41) is 16.4. The second-order valence-electron chi connectivity index (χ2n) is 9.75. The largest absolute Gasteiger partial charge is 0.329 e. The minimum absolute atomic E-state index is 0.0451. The van der Waals surface area contributed by atoms with Crippen LogP contribution in [-0.4, -0.2) is 43.6 Å². The Morgan fingerprint density at radius 3 is 2.91 bits per heavy atom. The van der Waals surface area contributed by atoms with Crippen LogP contribution in [0.15, 0.2) is 17.6 Å². The maximum atomic E-state index is 13.0. The zero-order chi connectivity index (χ0) is 23.2. The third kappa shape index (κ3) is 4.19. The molecule has 0 aromatic carbocycles. The average Bonchev–Trinajstić information content (AvgIpc) is 3.55. The Hall–Kier alpha value is -3.01. The third-order valence-electron chi connectivity index (χ3n) is 6.58. The van der Waals surface area contributed by atoms with Gasteiger partial charge in [0.15, 0.2) is 10.9 Å². The number of rotatable bonds is 6. The van der Waals surface area contributed by atoms with Gasteiger partial charge in [0.1, 0.15) is 11.9 Å². The SMILES string of the molecule is CC(C)c1cc(Nc2nc(N3CCC[C@H]3C(=O)Nc3nccs3)nc3c2CCC3(C)C)n[nH]1. The van der Waals surface area contributed by atoms with E-state index in [1.165, 1.54) is 11.3 Å². The van der Waals surface area contributed by atoms with E-state index >= 15 is 0 Å². The van der Waals surface area contributed by atoms with E-state index < -0.39 is 0 Å². The minimum Gasteiger partial charge on any atom is -0.329 e. The van der Waals surface area contributed by atoms with Crippen LogP contribution >= 0.6 is 11.3 Å². The molecule has 9 nitrogen and oxygen atoms in total. The monoisotopic (exact) mass is 466 g/mol. The number of fused-ring (bicyclic) bond motifs is 1. The first-order valence-electron chi connectivity index (χ1n) is 11.5. The standard InChI is InChI=1S/C23H30N8OS/c1-13(2)15-12-17(30-29-15)25-19-14-7-8-23(3,4)18(14)26-21(27-19)31-10-5-6-16(31)20(32)28-22-24-9-11-33-22/h9,11-13,16H,5-8,10H2,1-4H3,(H,24,28,32)(H2,25,26,27,29,30)/t16-/m0/s1. The van der Waals surface area contributed by atoms with Gasteiger partial charge in [-0.25, -0.2) is 9.97 Å².